The maximum absolute atomic E-state index is 11.4. The van der Waals surface area contributed by atoms with Gasteiger partial charge in [-0.15, -0.1) is 11.3 Å². The molecule has 1 unspecified atom stereocenters. The van der Waals surface area contributed by atoms with Crippen LogP contribution >= 0.6 is 11.3 Å². The van der Waals surface area contributed by atoms with Crippen molar-refractivity contribution in [2.75, 3.05) is 6.61 Å². The monoisotopic (exact) mass is 256 g/mol. The minimum absolute atomic E-state index is 0.250. The van der Waals surface area contributed by atoms with E-state index >= 15 is 0 Å². The van der Waals surface area contributed by atoms with Crippen molar-refractivity contribution in [2.45, 2.75) is 33.3 Å². The van der Waals surface area contributed by atoms with Gasteiger partial charge >= 0.3 is 0 Å². The molecule has 0 bridgehead atoms. The molecule has 4 nitrogen and oxygen atoms in total. The molecule has 3 N–H and O–H groups in total. The van der Waals surface area contributed by atoms with Gasteiger partial charge in [-0.1, -0.05) is 20.3 Å². The van der Waals surface area contributed by atoms with Gasteiger partial charge in [0.25, 0.3) is 5.91 Å². The second-order valence-electron chi connectivity index (χ2n) is 4.16. The Morgan fingerprint density at radius 1 is 1.65 bits per heavy atom. The van der Waals surface area contributed by atoms with Gasteiger partial charge in [-0.05, 0) is 23.8 Å². The second-order valence-corrected chi connectivity index (χ2v) is 5.07. The van der Waals surface area contributed by atoms with Crippen LogP contribution in [0.3, 0.4) is 0 Å². The van der Waals surface area contributed by atoms with E-state index in [4.69, 9.17) is 10.6 Å². The summed E-state index contributed by atoms with van der Waals surface area (Å²) in [6, 6.07) is 1.90. The highest BCUT2D eigenvalue weighted by atomic mass is 32.1. The molecule has 1 aromatic rings. The lowest BCUT2D eigenvalue weighted by molar-refractivity contribution is 0.0865. The molecule has 0 saturated carbocycles. The molecule has 1 atom stereocenters. The number of nitrogens with one attached hydrogen (secondary N) is 1. The third-order valence-corrected chi connectivity index (χ3v) is 3.48. The summed E-state index contributed by atoms with van der Waals surface area (Å²) in [6.07, 6.45) is 2.34. The van der Waals surface area contributed by atoms with Crippen LogP contribution in [0.2, 0.25) is 0 Å². The molecule has 1 aromatic heterocycles. The zero-order valence-electron chi connectivity index (χ0n) is 10.4. The number of carbonyl (C=O) groups is 1. The van der Waals surface area contributed by atoms with Gasteiger partial charge in [-0.25, -0.2) is 5.84 Å². The van der Waals surface area contributed by atoms with Crippen molar-refractivity contribution in [3.8, 4) is 0 Å². The average Bonchev–Trinajstić information content (AvgIpc) is 2.77. The maximum atomic E-state index is 11.4. The highest BCUT2D eigenvalue weighted by molar-refractivity contribution is 7.12. The molecule has 0 fully saturated rings. The highest BCUT2D eigenvalue weighted by Gasteiger charge is 2.12. The quantitative estimate of drug-likeness (QED) is 0.447. The molecular weight excluding hydrogens is 236 g/mol. The van der Waals surface area contributed by atoms with E-state index in [1.165, 1.54) is 24.2 Å². The van der Waals surface area contributed by atoms with Gasteiger partial charge in [-0.2, -0.15) is 0 Å². The van der Waals surface area contributed by atoms with Crippen LogP contribution in [-0.2, 0) is 11.3 Å². The Morgan fingerprint density at radius 2 is 2.41 bits per heavy atom. The molecule has 0 spiro atoms. The summed E-state index contributed by atoms with van der Waals surface area (Å²) in [4.78, 5) is 12.0. The molecule has 0 aliphatic heterocycles. The number of amides is 1. The van der Waals surface area contributed by atoms with Crippen molar-refractivity contribution < 1.29 is 9.53 Å². The summed E-state index contributed by atoms with van der Waals surface area (Å²) >= 11 is 1.38. The number of thiophene rings is 1. The molecule has 96 valence electrons. The van der Waals surface area contributed by atoms with E-state index < -0.39 is 0 Å². The largest absolute Gasteiger partial charge is 0.376 e. The number of hydrogen-bond acceptors (Lipinski definition) is 4. The van der Waals surface area contributed by atoms with Crippen LogP contribution in [0.4, 0.5) is 0 Å². The Kier molecular flexibility index (Phi) is 6.18. The highest BCUT2D eigenvalue weighted by Crippen LogP contribution is 2.18. The Labute approximate surface area is 106 Å². The third-order valence-electron chi connectivity index (χ3n) is 2.53. The molecule has 0 radical (unpaired) electrons. The molecular formula is C12H20N2O2S. The zero-order valence-corrected chi connectivity index (χ0v) is 11.2. The summed E-state index contributed by atoms with van der Waals surface area (Å²) in [6.45, 7) is 5.54. The third kappa shape index (κ3) is 4.46. The Balaban J connectivity index is 2.41. The van der Waals surface area contributed by atoms with Gasteiger partial charge in [0.15, 0.2) is 0 Å². The minimum atomic E-state index is -0.250. The molecule has 1 amide bonds. The number of hydrazine groups is 1. The van der Waals surface area contributed by atoms with Crippen LogP contribution < -0.4 is 11.3 Å². The van der Waals surface area contributed by atoms with E-state index in [1.54, 1.807) is 0 Å². The molecule has 17 heavy (non-hydrogen) atoms. The van der Waals surface area contributed by atoms with Crippen LogP contribution in [0.25, 0.3) is 0 Å². The van der Waals surface area contributed by atoms with Gasteiger partial charge in [0.05, 0.1) is 11.5 Å². The van der Waals surface area contributed by atoms with Gasteiger partial charge in [0.1, 0.15) is 0 Å². The first-order valence-corrected chi connectivity index (χ1v) is 6.72. The van der Waals surface area contributed by atoms with E-state index in [1.807, 2.05) is 11.4 Å². The number of rotatable bonds is 7. The summed E-state index contributed by atoms with van der Waals surface area (Å²) in [5.41, 5.74) is 3.05. The van der Waals surface area contributed by atoms with Crippen LogP contribution in [0.5, 0.6) is 0 Å². The van der Waals surface area contributed by atoms with Crippen LogP contribution in [0, 0.1) is 5.92 Å². The van der Waals surface area contributed by atoms with Crippen molar-refractivity contribution in [1.29, 1.82) is 0 Å². The molecule has 0 saturated heterocycles. The Bertz CT molecular complexity index is 352. The summed E-state index contributed by atoms with van der Waals surface area (Å²) in [5.74, 6) is 5.43. The summed E-state index contributed by atoms with van der Waals surface area (Å²) in [7, 11) is 0. The first-order valence-electron chi connectivity index (χ1n) is 5.84. The number of ether oxygens (including phenoxy) is 1. The topological polar surface area (TPSA) is 64.3 Å². The minimum Gasteiger partial charge on any atom is -0.376 e. The van der Waals surface area contributed by atoms with E-state index in [-0.39, 0.29) is 5.91 Å². The normalized spacial score (nSPS) is 12.4. The second kappa shape index (κ2) is 7.42. The standard InChI is InChI=1S/C12H20N2O2S/c1-3-4-9(2)7-16-8-10-5-6-17-11(10)12(15)14-13/h5-6,9H,3-4,7-8,13H2,1-2H3,(H,14,15). The molecule has 1 rings (SSSR count). The lowest BCUT2D eigenvalue weighted by atomic mass is 10.1. The molecule has 0 aliphatic carbocycles. The van der Waals surface area contributed by atoms with Crippen molar-refractivity contribution in [3.63, 3.8) is 0 Å². The molecule has 1 heterocycles. The first kappa shape index (κ1) is 14.2. The van der Waals surface area contributed by atoms with Crippen molar-refractivity contribution in [3.05, 3.63) is 21.9 Å². The van der Waals surface area contributed by atoms with E-state index in [0.717, 1.165) is 12.2 Å². The van der Waals surface area contributed by atoms with Crippen LogP contribution in [0.1, 0.15) is 41.9 Å². The van der Waals surface area contributed by atoms with Gasteiger partial charge in [0, 0.05) is 12.2 Å². The van der Waals surface area contributed by atoms with Crippen molar-refractivity contribution in [1.82, 2.24) is 5.43 Å². The number of nitrogens with two attached hydrogens (primary N) is 1. The first-order chi connectivity index (χ1) is 8.19. The van der Waals surface area contributed by atoms with Gasteiger partial charge in [-0.3, -0.25) is 10.2 Å². The van der Waals surface area contributed by atoms with Crippen LogP contribution in [-0.4, -0.2) is 12.5 Å². The Hall–Kier alpha value is -0.910. The SMILES string of the molecule is CCCC(C)COCc1ccsc1C(=O)NN. The lowest BCUT2D eigenvalue weighted by Crippen LogP contribution is -2.30. The summed E-state index contributed by atoms with van der Waals surface area (Å²) < 4.78 is 5.61. The zero-order chi connectivity index (χ0) is 12.7. The summed E-state index contributed by atoms with van der Waals surface area (Å²) in [5, 5.41) is 1.87. The number of carbonyl (C=O) groups excluding carboxylic acids is 1. The van der Waals surface area contributed by atoms with E-state index in [2.05, 4.69) is 19.3 Å². The fraction of sp³-hybridized carbons (Fsp3) is 0.583. The average molecular weight is 256 g/mol. The molecule has 0 aromatic carbocycles. The molecule has 5 heteroatoms. The maximum Gasteiger partial charge on any atom is 0.275 e. The predicted octanol–water partition coefficient (Wildman–Crippen LogP) is 2.30. The fourth-order valence-corrected chi connectivity index (χ4v) is 2.47. The van der Waals surface area contributed by atoms with Gasteiger partial charge in [0.2, 0.25) is 0 Å². The van der Waals surface area contributed by atoms with Crippen LogP contribution in [0.15, 0.2) is 11.4 Å². The van der Waals surface area contributed by atoms with Crippen molar-refractivity contribution >= 4 is 17.2 Å². The van der Waals surface area contributed by atoms with Crippen molar-refractivity contribution in [2.24, 2.45) is 11.8 Å². The predicted molar refractivity (Wildman–Crippen MR) is 69.7 cm³/mol. The lowest BCUT2D eigenvalue weighted by Gasteiger charge is -2.10. The van der Waals surface area contributed by atoms with E-state index in [9.17, 15) is 4.79 Å². The molecule has 0 aliphatic rings. The number of nitrogen functional groups attached to an aromatic ring is 1. The van der Waals surface area contributed by atoms with Gasteiger partial charge < -0.3 is 4.74 Å². The Morgan fingerprint density at radius 3 is 3.06 bits per heavy atom. The smallest absolute Gasteiger partial charge is 0.275 e. The fourth-order valence-electron chi connectivity index (χ4n) is 1.66. The van der Waals surface area contributed by atoms with E-state index in [0.29, 0.717) is 17.4 Å². The number of hydrogen-bond donors (Lipinski definition) is 2.